The van der Waals surface area contributed by atoms with Crippen molar-refractivity contribution in [2.45, 2.75) is 51.4 Å². The molecule has 44 heavy (non-hydrogen) atoms. The monoisotopic (exact) mass is 595 g/mol. The van der Waals surface area contributed by atoms with Gasteiger partial charge in [-0.2, -0.15) is 0 Å². The van der Waals surface area contributed by atoms with Gasteiger partial charge in [-0.3, -0.25) is 19.5 Å². The van der Waals surface area contributed by atoms with Crippen LogP contribution in [-0.4, -0.2) is 63.6 Å². The second kappa shape index (κ2) is 12.2. The van der Waals surface area contributed by atoms with E-state index in [1.165, 1.54) is 6.20 Å². The molecule has 1 amide bonds. The van der Waals surface area contributed by atoms with Gasteiger partial charge in [0.2, 0.25) is 5.43 Å². The largest absolute Gasteiger partial charge is 0.497 e. The summed E-state index contributed by atoms with van der Waals surface area (Å²) in [5, 5.41) is 3.90. The van der Waals surface area contributed by atoms with E-state index >= 15 is 0 Å². The van der Waals surface area contributed by atoms with Crippen LogP contribution in [0.25, 0.3) is 21.9 Å². The van der Waals surface area contributed by atoms with E-state index in [2.05, 4.69) is 26.8 Å². The molecule has 3 aliphatic heterocycles. The minimum absolute atomic E-state index is 0.0538. The average molecular weight is 596 g/mol. The topological polar surface area (TPSA) is 116 Å². The van der Waals surface area contributed by atoms with Crippen LogP contribution >= 0.6 is 0 Å². The molecule has 0 saturated carbocycles. The molecule has 0 aliphatic carbocycles. The number of carbonyl (C=O) groups is 2. The highest BCUT2D eigenvalue weighted by Gasteiger charge is 2.44. The Bertz CT molecular complexity index is 1800. The Kier molecular flexibility index (Phi) is 8.18. The van der Waals surface area contributed by atoms with Crippen LogP contribution in [0.5, 0.6) is 5.75 Å². The van der Waals surface area contributed by atoms with Crippen LogP contribution in [0.1, 0.15) is 48.7 Å². The van der Waals surface area contributed by atoms with E-state index < -0.39 is 29.5 Å². The fourth-order valence-corrected chi connectivity index (χ4v) is 6.75. The van der Waals surface area contributed by atoms with Crippen LogP contribution < -0.4 is 15.5 Å². The van der Waals surface area contributed by atoms with E-state index in [4.69, 9.17) is 9.47 Å². The number of ether oxygens (including phenoxy) is 2. The lowest BCUT2D eigenvalue weighted by atomic mass is 9.73. The summed E-state index contributed by atoms with van der Waals surface area (Å²) in [5.41, 5.74) is 1.61. The number of fused-ring (bicyclic) bond motifs is 5. The van der Waals surface area contributed by atoms with Crippen LogP contribution in [0, 0.1) is 11.8 Å². The molecule has 3 aliphatic rings. The van der Waals surface area contributed by atoms with Gasteiger partial charge in [0, 0.05) is 42.6 Å². The molecule has 3 aromatic heterocycles. The smallest absolute Gasteiger partial charge is 0.329 e. The quantitative estimate of drug-likeness (QED) is 0.225. The Labute approximate surface area is 255 Å². The van der Waals surface area contributed by atoms with Gasteiger partial charge in [0.05, 0.1) is 24.1 Å². The predicted octanol–water partition coefficient (Wildman–Crippen LogP) is 4.27. The number of hydrogen-bond acceptors (Lipinski definition) is 8. The molecule has 4 aromatic rings. The summed E-state index contributed by atoms with van der Waals surface area (Å²) in [6, 6.07) is 9.80. The standard InChI is InChI=1S/C34H37N5O5/c1-5-21-18-39-15-12-22(21)16-29(39)31(24-11-14-35-28-10-9-23(43-4)17-26(24)28)44-34(42)20(3)37-33(41)27-19-38(6-2)32-25(30(27)40)8-7-13-36-32/h5,7-11,13-14,17,19-22,29,31H,1,6,12,15-16,18H2,2-4H3,(H,37,41)/t20?,21-,22-,29-,31+/m0/s1. The number of hydrogen-bond donors (Lipinski definition) is 1. The van der Waals surface area contributed by atoms with Crippen LogP contribution in [0.3, 0.4) is 0 Å². The zero-order valence-electron chi connectivity index (χ0n) is 25.2. The van der Waals surface area contributed by atoms with Gasteiger partial charge in [-0.25, -0.2) is 9.78 Å². The molecule has 6 atom stereocenters. The SMILES string of the molecule is C=C[C@H]1CN2CC[C@H]1C[C@H]2[C@H](OC(=O)C(C)NC(=O)c1cn(CC)c2ncccc2c1=O)c1ccnc2ccc(OC)cc12. The number of rotatable bonds is 9. The van der Waals surface area contributed by atoms with Gasteiger partial charge in [-0.1, -0.05) is 6.08 Å². The maximum absolute atomic E-state index is 13.7. The second-order valence-corrected chi connectivity index (χ2v) is 11.6. The number of nitrogens with zero attached hydrogens (tertiary/aromatic N) is 4. The lowest BCUT2D eigenvalue weighted by Gasteiger charge is -2.51. The predicted molar refractivity (Wildman–Crippen MR) is 168 cm³/mol. The van der Waals surface area contributed by atoms with Gasteiger partial charge < -0.3 is 19.4 Å². The maximum atomic E-state index is 13.7. The van der Waals surface area contributed by atoms with Crippen molar-refractivity contribution in [1.29, 1.82) is 0 Å². The number of piperidine rings is 3. The zero-order chi connectivity index (χ0) is 31.0. The molecular formula is C34H37N5O5. The van der Waals surface area contributed by atoms with E-state index in [9.17, 15) is 14.4 Å². The van der Waals surface area contributed by atoms with Crippen LogP contribution in [-0.2, 0) is 16.1 Å². The molecule has 3 saturated heterocycles. The number of amides is 1. The van der Waals surface area contributed by atoms with Gasteiger partial charge in [0.25, 0.3) is 5.91 Å². The first-order valence-electron chi connectivity index (χ1n) is 15.1. The molecule has 1 aromatic carbocycles. The summed E-state index contributed by atoms with van der Waals surface area (Å²) in [6.07, 6.45) is 8.17. The first-order chi connectivity index (χ1) is 21.3. The molecule has 10 heteroatoms. The van der Waals surface area contributed by atoms with Crippen molar-refractivity contribution in [3.8, 4) is 5.75 Å². The van der Waals surface area contributed by atoms with Crippen LogP contribution in [0.15, 0.2) is 72.4 Å². The van der Waals surface area contributed by atoms with E-state index in [-0.39, 0.29) is 11.6 Å². The van der Waals surface area contributed by atoms with Crippen molar-refractivity contribution in [3.05, 3.63) is 89.0 Å². The van der Waals surface area contributed by atoms with E-state index in [0.717, 1.165) is 42.4 Å². The number of esters is 1. The molecule has 6 heterocycles. The Morgan fingerprint density at radius 1 is 1.18 bits per heavy atom. The normalized spacial score (nSPS) is 22.3. The molecule has 3 fully saturated rings. The summed E-state index contributed by atoms with van der Waals surface area (Å²) in [7, 11) is 1.61. The molecule has 1 N–H and O–H groups in total. The number of benzene rings is 1. The van der Waals surface area contributed by atoms with Gasteiger partial charge in [0.15, 0.2) is 0 Å². The number of nitrogens with one attached hydrogen (secondary N) is 1. The molecule has 10 nitrogen and oxygen atoms in total. The highest BCUT2D eigenvalue weighted by atomic mass is 16.5. The first-order valence-corrected chi connectivity index (χ1v) is 15.1. The van der Waals surface area contributed by atoms with Crippen molar-refractivity contribution >= 4 is 33.8 Å². The van der Waals surface area contributed by atoms with E-state index in [1.807, 2.05) is 37.3 Å². The highest BCUT2D eigenvalue weighted by molar-refractivity contribution is 5.98. The number of aromatic nitrogens is 3. The van der Waals surface area contributed by atoms with Crippen LogP contribution in [0.4, 0.5) is 0 Å². The van der Waals surface area contributed by atoms with Crippen LogP contribution in [0.2, 0.25) is 0 Å². The summed E-state index contributed by atoms with van der Waals surface area (Å²) in [4.78, 5) is 51.5. The van der Waals surface area contributed by atoms with Crippen molar-refractivity contribution in [2.24, 2.45) is 11.8 Å². The summed E-state index contributed by atoms with van der Waals surface area (Å²) >= 11 is 0. The van der Waals surface area contributed by atoms with Gasteiger partial charge >= 0.3 is 5.97 Å². The molecule has 0 spiro atoms. The summed E-state index contributed by atoms with van der Waals surface area (Å²) in [5.74, 6) is 0.299. The first kappa shape index (κ1) is 29.5. The average Bonchev–Trinajstić information content (AvgIpc) is 3.06. The Balaban J connectivity index is 1.30. The fraction of sp³-hybridized carbons (Fsp3) is 0.382. The van der Waals surface area contributed by atoms with Crippen molar-refractivity contribution in [1.82, 2.24) is 24.8 Å². The van der Waals surface area contributed by atoms with Gasteiger partial charge in [0.1, 0.15) is 29.1 Å². The minimum atomic E-state index is -1.01. The molecule has 228 valence electrons. The zero-order valence-corrected chi connectivity index (χ0v) is 25.2. The second-order valence-electron chi connectivity index (χ2n) is 11.6. The third-order valence-electron chi connectivity index (χ3n) is 9.15. The van der Waals surface area contributed by atoms with Crippen molar-refractivity contribution < 1.29 is 19.1 Å². The maximum Gasteiger partial charge on any atom is 0.329 e. The molecule has 7 rings (SSSR count). The summed E-state index contributed by atoms with van der Waals surface area (Å²) < 4.78 is 13.6. The molecule has 2 bridgehead atoms. The van der Waals surface area contributed by atoms with Gasteiger partial charge in [-0.15, -0.1) is 6.58 Å². The number of methoxy groups -OCH3 is 1. The third-order valence-corrected chi connectivity index (χ3v) is 9.15. The highest BCUT2D eigenvalue weighted by Crippen LogP contribution is 2.43. The van der Waals surface area contributed by atoms with Crippen molar-refractivity contribution in [3.63, 3.8) is 0 Å². The van der Waals surface area contributed by atoms with Gasteiger partial charge in [-0.05, 0) is 81.5 Å². The Morgan fingerprint density at radius 3 is 2.75 bits per heavy atom. The van der Waals surface area contributed by atoms with Crippen molar-refractivity contribution in [2.75, 3.05) is 20.2 Å². The molecule has 2 unspecified atom stereocenters. The van der Waals surface area contributed by atoms with E-state index in [0.29, 0.717) is 35.2 Å². The fourth-order valence-electron chi connectivity index (χ4n) is 6.75. The summed E-state index contributed by atoms with van der Waals surface area (Å²) in [6.45, 7) is 9.81. The third kappa shape index (κ3) is 5.34. The number of pyridine rings is 3. The number of aryl methyl sites for hydroxylation is 1. The minimum Gasteiger partial charge on any atom is -0.497 e. The number of carbonyl (C=O) groups excluding carboxylic acids is 2. The lowest BCUT2D eigenvalue weighted by molar-refractivity contribution is -0.159. The van der Waals surface area contributed by atoms with E-state index in [1.54, 1.807) is 43.1 Å². The Hall–Kier alpha value is -4.57. The lowest BCUT2D eigenvalue weighted by Crippen LogP contribution is -2.55. The molecular weight excluding hydrogens is 558 g/mol. The Morgan fingerprint density at radius 2 is 2.02 bits per heavy atom. The molecule has 0 radical (unpaired) electrons.